The van der Waals surface area contributed by atoms with E-state index in [1.165, 1.54) is 0 Å². The van der Waals surface area contributed by atoms with Crippen LogP contribution in [0.1, 0.15) is 39.7 Å². The first-order chi connectivity index (χ1) is 9.38. The van der Waals surface area contributed by atoms with Crippen LogP contribution in [-0.2, 0) is 14.9 Å². The second-order valence-electron chi connectivity index (χ2n) is 5.52. The molecule has 0 saturated carbocycles. The van der Waals surface area contributed by atoms with Crippen molar-refractivity contribution in [2.45, 2.75) is 39.5 Å². The third-order valence-corrected chi connectivity index (χ3v) is 2.86. The van der Waals surface area contributed by atoms with Gasteiger partial charge in [0.25, 0.3) is 0 Å². The topological polar surface area (TPSA) is 44.8 Å². The van der Waals surface area contributed by atoms with Crippen LogP contribution in [0, 0.1) is 0 Å². The van der Waals surface area contributed by atoms with Crippen molar-refractivity contribution < 1.29 is 19.0 Å². The van der Waals surface area contributed by atoms with Crippen molar-refractivity contribution >= 4 is 5.97 Å². The van der Waals surface area contributed by atoms with Crippen LogP contribution in [0.15, 0.2) is 18.2 Å². The van der Waals surface area contributed by atoms with E-state index in [1.807, 2.05) is 18.2 Å². The maximum atomic E-state index is 11.3. The van der Waals surface area contributed by atoms with Crippen molar-refractivity contribution in [2.24, 2.45) is 0 Å². The molecule has 0 radical (unpaired) electrons. The highest BCUT2D eigenvalue weighted by molar-refractivity contribution is 5.69. The highest BCUT2D eigenvalue weighted by atomic mass is 16.5. The Labute approximate surface area is 121 Å². The predicted molar refractivity (Wildman–Crippen MR) is 78.4 cm³/mol. The summed E-state index contributed by atoms with van der Waals surface area (Å²) in [6.07, 6.45) is 0.253. The van der Waals surface area contributed by atoms with Gasteiger partial charge >= 0.3 is 5.97 Å². The van der Waals surface area contributed by atoms with Gasteiger partial charge in [-0.3, -0.25) is 4.79 Å². The Morgan fingerprint density at radius 3 is 2.50 bits per heavy atom. The molecule has 4 nitrogen and oxygen atoms in total. The minimum absolute atomic E-state index is 0.0617. The summed E-state index contributed by atoms with van der Waals surface area (Å²) in [6, 6.07) is 5.71. The molecule has 0 amide bonds. The Morgan fingerprint density at radius 2 is 1.95 bits per heavy atom. The molecule has 1 aromatic rings. The lowest BCUT2D eigenvalue weighted by atomic mass is 9.86. The summed E-state index contributed by atoms with van der Waals surface area (Å²) >= 11 is 0. The average Bonchev–Trinajstić information content (AvgIpc) is 2.38. The van der Waals surface area contributed by atoms with Gasteiger partial charge in [-0.1, -0.05) is 20.8 Å². The molecule has 1 aromatic carbocycles. The number of hydrogen-bond acceptors (Lipinski definition) is 4. The summed E-state index contributed by atoms with van der Waals surface area (Å²) in [5, 5.41) is 0. The van der Waals surface area contributed by atoms with Gasteiger partial charge < -0.3 is 14.2 Å². The summed E-state index contributed by atoms with van der Waals surface area (Å²) in [4.78, 5) is 11.3. The van der Waals surface area contributed by atoms with Crippen LogP contribution in [0.3, 0.4) is 0 Å². The third-order valence-electron chi connectivity index (χ3n) is 2.86. The van der Waals surface area contributed by atoms with Crippen LogP contribution in [-0.4, -0.2) is 26.3 Å². The Bertz CT molecular complexity index is 446. The Hall–Kier alpha value is -1.71. The highest BCUT2D eigenvalue weighted by Crippen LogP contribution is 2.34. The first kappa shape index (κ1) is 16.3. The van der Waals surface area contributed by atoms with E-state index in [1.54, 1.807) is 14.0 Å². The molecular formula is C16H24O4. The van der Waals surface area contributed by atoms with Gasteiger partial charge in [0.2, 0.25) is 0 Å². The smallest absolute Gasteiger partial charge is 0.309 e. The largest absolute Gasteiger partial charge is 0.497 e. The van der Waals surface area contributed by atoms with Gasteiger partial charge in [0, 0.05) is 5.56 Å². The fourth-order valence-corrected chi connectivity index (χ4v) is 1.83. The van der Waals surface area contributed by atoms with Gasteiger partial charge in [-0.25, -0.2) is 0 Å². The monoisotopic (exact) mass is 280 g/mol. The van der Waals surface area contributed by atoms with Crippen LogP contribution in [0.4, 0.5) is 0 Å². The first-order valence-corrected chi connectivity index (χ1v) is 6.85. The zero-order valence-corrected chi connectivity index (χ0v) is 13.0. The van der Waals surface area contributed by atoms with E-state index >= 15 is 0 Å². The van der Waals surface area contributed by atoms with Crippen molar-refractivity contribution in [2.75, 3.05) is 20.3 Å². The van der Waals surface area contributed by atoms with Gasteiger partial charge in [0.1, 0.15) is 11.5 Å². The molecule has 0 unspecified atom stereocenters. The van der Waals surface area contributed by atoms with E-state index in [4.69, 9.17) is 14.2 Å². The van der Waals surface area contributed by atoms with Crippen LogP contribution in [0.5, 0.6) is 11.5 Å². The van der Waals surface area contributed by atoms with E-state index < -0.39 is 0 Å². The molecular weight excluding hydrogens is 256 g/mol. The second-order valence-corrected chi connectivity index (χ2v) is 5.52. The van der Waals surface area contributed by atoms with Crippen LogP contribution < -0.4 is 9.47 Å². The molecule has 0 heterocycles. The molecule has 0 saturated heterocycles. The van der Waals surface area contributed by atoms with Crippen LogP contribution in [0.25, 0.3) is 0 Å². The molecule has 112 valence electrons. The molecule has 0 fully saturated rings. The zero-order chi connectivity index (χ0) is 15.2. The molecule has 0 aromatic heterocycles. The normalized spacial score (nSPS) is 11.1. The molecule has 0 aliphatic carbocycles. The molecule has 0 bridgehead atoms. The lowest BCUT2D eigenvalue weighted by Crippen LogP contribution is -2.15. The van der Waals surface area contributed by atoms with Crippen LogP contribution in [0.2, 0.25) is 0 Å². The molecule has 1 rings (SSSR count). The number of benzene rings is 1. The lowest BCUT2D eigenvalue weighted by molar-refractivity contribution is -0.143. The third kappa shape index (κ3) is 4.76. The molecule has 4 heteroatoms. The van der Waals surface area contributed by atoms with E-state index in [9.17, 15) is 4.79 Å². The van der Waals surface area contributed by atoms with Crippen molar-refractivity contribution in [3.63, 3.8) is 0 Å². The van der Waals surface area contributed by atoms with Gasteiger partial charge in [-0.05, 0) is 30.5 Å². The van der Waals surface area contributed by atoms with E-state index in [-0.39, 0.29) is 17.8 Å². The van der Waals surface area contributed by atoms with Crippen molar-refractivity contribution in [1.29, 1.82) is 0 Å². The number of ether oxygens (including phenoxy) is 3. The molecule has 0 spiro atoms. The number of esters is 1. The van der Waals surface area contributed by atoms with E-state index in [2.05, 4.69) is 20.8 Å². The van der Waals surface area contributed by atoms with Crippen LogP contribution >= 0.6 is 0 Å². The van der Waals surface area contributed by atoms with Gasteiger partial charge in [-0.2, -0.15) is 0 Å². The van der Waals surface area contributed by atoms with Gasteiger partial charge in [0.15, 0.2) is 0 Å². The SMILES string of the molecule is CCOC(=O)CCOc1ccc(OC)cc1C(C)(C)C. The summed E-state index contributed by atoms with van der Waals surface area (Å²) in [6.45, 7) is 8.84. The molecule has 0 atom stereocenters. The number of methoxy groups -OCH3 is 1. The fraction of sp³-hybridized carbons (Fsp3) is 0.562. The standard InChI is InChI=1S/C16H24O4/c1-6-19-15(17)9-10-20-14-8-7-12(18-5)11-13(14)16(2,3)4/h7-8,11H,6,9-10H2,1-5H3. The first-order valence-electron chi connectivity index (χ1n) is 6.85. The lowest BCUT2D eigenvalue weighted by Gasteiger charge is -2.23. The fourth-order valence-electron chi connectivity index (χ4n) is 1.83. The Kier molecular flexibility index (Phi) is 5.86. The number of rotatable bonds is 6. The highest BCUT2D eigenvalue weighted by Gasteiger charge is 2.20. The summed E-state index contributed by atoms with van der Waals surface area (Å²) in [7, 11) is 1.64. The maximum absolute atomic E-state index is 11.3. The second kappa shape index (κ2) is 7.17. The molecule has 20 heavy (non-hydrogen) atoms. The Balaban J connectivity index is 2.76. The number of carbonyl (C=O) groups excluding carboxylic acids is 1. The van der Waals surface area contributed by atoms with Crippen molar-refractivity contribution in [3.8, 4) is 11.5 Å². The summed E-state index contributed by atoms with van der Waals surface area (Å²) < 4.78 is 15.8. The maximum Gasteiger partial charge on any atom is 0.309 e. The van der Waals surface area contributed by atoms with Crippen molar-refractivity contribution in [3.05, 3.63) is 23.8 Å². The predicted octanol–water partition coefficient (Wildman–Crippen LogP) is 3.32. The molecule has 0 N–H and O–H groups in total. The number of hydrogen-bond donors (Lipinski definition) is 0. The molecule has 0 aliphatic heterocycles. The quantitative estimate of drug-likeness (QED) is 0.750. The van der Waals surface area contributed by atoms with Gasteiger partial charge in [0.05, 0.1) is 26.7 Å². The average molecular weight is 280 g/mol. The van der Waals surface area contributed by atoms with Crippen molar-refractivity contribution in [1.82, 2.24) is 0 Å². The van der Waals surface area contributed by atoms with E-state index in [0.29, 0.717) is 13.2 Å². The minimum atomic E-state index is -0.238. The van der Waals surface area contributed by atoms with E-state index in [0.717, 1.165) is 17.1 Å². The summed E-state index contributed by atoms with van der Waals surface area (Å²) in [5.74, 6) is 1.34. The summed E-state index contributed by atoms with van der Waals surface area (Å²) in [5.41, 5.74) is 0.995. The minimum Gasteiger partial charge on any atom is -0.497 e. The molecule has 0 aliphatic rings. The van der Waals surface area contributed by atoms with Gasteiger partial charge in [-0.15, -0.1) is 0 Å². The number of carbonyl (C=O) groups is 1. The zero-order valence-electron chi connectivity index (χ0n) is 13.0. The Morgan fingerprint density at radius 1 is 1.25 bits per heavy atom.